The Hall–Kier alpha value is -2.84. The topological polar surface area (TPSA) is 73.6 Å². The Labute approximate surface area is 162 Å². The maximum Gasteiger partial charge on any atom is 0.325 e. The fourth-order valence-corrected chi connectivity index (χ4v) is 4.69. The van der Waals surface area contributed by atoms with E-state index in [1.54, 1.807) is 22.2 Å². The summed E-state index contributed by atoms with van der Waals surface area (Å²) in [5.74, 6) is -0.744. The number of hydrogen-bond donors (Lipinski definition) is 0. The zero-order valence-corrected chi connectivity index (χ0v) is 16.3. The summed E-state index contributed by atoms with van der Waals surface area (Å²) >= 11 is 2.85. The molecule has 0 fully saturated rings. The highest BCUT2D eigenvalue weighted by atomic mass is 32.1. The number of methoxy groups -OCH3 is 1. The van der Waals surface area contributed by atoms with Crippen molar-refractivity contribution in [1.29, 1.82) is 0 Å². The van der Waals surface area contributed by atoms with Gasteiger partial charge in [0.05, 0.1) is 33.1 Å². The van der Waals surface area contributed by atoms with Gasteiger partial charge in [-0.15, -0.1) is 11.3 Å². The number of para-hydroxylation sites is 1. The van der Waals surface area contributed by atoms with Crippen LogP contribution in [-0.2, 0) is 16.1 Å². The summed E-state index contributed by atoms with van der Waals surface area (Å²) in [4.78, 5) is 33.6. The number of nitrogens with zero attached hydrogens (tertiary/aromatic N) is 3. The summed E-state index contributed by atoms with van der Waals surface area (Å²) in [6.07, 6.45) is 0. The number of fused-ring (bicyclic) bond motifs is 2. The van der Waals surface area contributed by atoms with Gasteiger partial charge in [-0.1, -0.05) is 23.5 Å². The summed E-state index contributed by atoms with van der Waals surface area (Å²) in [5.41, 5.74) is 4.99. The highest BCUT2D eigenvalue weighted by Crippen LogP contribution is 2.22. The second-order valence-corrected chi connectivity index (χ2v) is 7.82. The van der Waals surface area contributed by atoms with Crippen molar-refractivity contribution in [3.8, 4) is 0 Å². The zero-order chi connectivity index (χ0) is 19.0. The summed E-state index contributed by atoms with van der Waals surface area (Å²) in [7, 11) is 1.34. The van der Waals surface area contributed by atoms with Gasteiger partial charge in [0.15, 0.2) is 4.80 Å². The van der Waals surface area contributed by atoms with Crippen molar-refractivity contribution in [3.05, 3.63) is 57.8 Å². The van der Waals surface area contributed by atoms with E-state index in [4.69, 9.17) is 4.74 Å². The van der Waals surface area contributed by atoms with Crippen LogP contribution in [0.2, 0.25) is 0 Å². The molecule has 0 radical (unpaired) electrons. The van der Waals surface area contributed by atoms with Crippen LogP contribution >= 0.6 is 22.7 Å². The van der Waals surface area contributed by atoms with Crippen LogP contribution in [0.3, 0.4) is 0 Å². The van der Waals surface area contributed by atoms with Crippen molar-refractivity contribution in [2.45, 2.75) is 13.5 Å². The smallest absolute Gasteiger partial charge is 0.325 e. The van der Waals surface area contributed by atoms with Gasteiger partial charge in [0.1, 0.15) is 6.54 Å². The largest absolute Gasteiger partial charge is 0.468 e. The minimum Gasteiger partial charge on any atom is -0.468 e. The molecule has 8 heteroatoms. The van der Waals surface area contributed by atoms with E-state index in [0.717, 1.165) is 26.0 Å². The van der Waals surface area contributed by atoms with E-state index in [9.17, 15) is 9.59 Å². The van der Waals surface area contributed by atoms with Gasteiger partial charge in [-0.25, -0.2) is 4.98 Å². The molecule has 1 amide bonds. The van der Waals surface area contributed by atoms with Crippen molar-refractivity contribution in [1.82, 2.24) is 9.55 Å². The Morgan fingerprint density at radius 3 is 2.89 bits per heavy atom. The number of carbonyl (C=O) groups is 2. The first kappa shape index (κ1) is 17.6. The monoisotopic (exact) mass is 397 g/mol. The maximum absolute atomic E-state index is 12.7. The third kappa shape index (κ3) is 3.29. The summed E-state index contributed by atoms with van der Waals surface area (Å²) in [6.45, 7) is 1.97. The molecule has 4 aromatic rings. The van der Waals surface area contributed by atoms with Crippen molar-refractivity contribution < 1.29 is 14.3 Å². The number of benzene rings is 2. The molecule has 0 aliphatic heterocycles. The van der Waals surface area contributed by atoms with Crippen LogP contribution in [0.1, 0.15) is 15.9 Å². The molecule has 0 atom stereocenters. The third-order valence-electron chi connectivity index (χ3n) is 4.19. The van der Waals surface area contributed by atoms with Gasteiger partial charge >= 0.3 is 5.97 Å². The molecule has 0 bridgehead atoms. The Morgan fingerprint density at radius 2 is 2.07 bits per heavy atom. The zero-order valence-electron chi connectivity index (χ0n) is 14.6. The number of hydrogen-bond acceptors (Lipinski definition) is 6. The fraction of sp³-hybridized carbons (Fsp3) is 0.158. The van der Waals surface area contributed by atoms with Crippen LogP contribution in [0.5, 0.6) is 0 Å². The third-order valence-corrected chi connectivity index (χ3v) is 6.03. The summed E-state index contributed by atoms with van der Waals surface area (Å²) in [6, 6.07) is 11.2. The molecule has 0 aliphatic carbocycles. The lowest BCUT2D eigenvalue weighted by atomic mass is 10.2. The lowest BCUT2D eigenvalue weighted by Gasteiger charge is -2.05. The molecule has 4 rings (SSSR count). The second-order valence-electron chi connectivity index (χ2n) is 5.92. The van der Waals surface area contributed by atoms with Gasteiger partial charge in [-0.2, -0.15) is 4.99 Å². The predicted molar refractivity (Wildman–Crippen MR) is 106 cm³/mol. The first-order chi connectivity index (χ1) is 13.1. The first-order valence-electron chi connectivity index (χ1n) is 8.15. The molecule has 27 heavy (non-hydrogen) atoms. The molecule has 0 aliphatic rings. The van der Waals surface area contributed by atoms with Crippen molar-refractivity contribution in [3.63, 3.8) is 0 Å². The summed E-state index contributed by atoms with van der Waals surface area (Å²) < 4.78 is 8.45. The second kappa shape index (κ2) is 7.05. The van der Waals surface area contributed by atoms with E-state index in [2.05, 4.69) is 9.98 Å². The Bertz CT molecular complexity index is 1250. The van der Waals surface area contributed by atoms with E-state index < -0.39 is 5.97 Å². The van der Waals surface area contributed by atoms with Crippen LogP contribution in [0.15, 0.2) is 46.9 Å². The van der Waals surface area contributed by atoms with Crippen LogP contribution in [0.4, 0.5) is 0 Å². The highest BCUT2D eigenvalue weighted by Gasteiger charge is 2.14. The molecule has 136 valence electrons. The number of carbonyl (C=O) groups excluding carboxylic acids is 2. The molecule has 2 heterocycles. The lowest BCUT2D eigenvalue weighted by molar-refractivity contribution is -0.141. The first-order valence-corrected chi connectivity index (χ1v) is 9.84. The number of rotatable bonds is 3. The predicted octanol–water partition coefficient (Wildman–Crippen LogP) is 3.54. The molecule has 6 nitrogen and oxygen atoms in total. The molecule has 0 saturated carbocycles. The van der Waals surface area contributed by atoms with Crippen molar-refractivity contribution in [2.24, 2.45) is 4.99 Å². The van der Waals surface area contributed by atoms with Gasteiger partial charge in [0.25, 0.3) is 5.91 Å². The molecule has 0 unspecified atom stereocenters. The van der Waals surface area contributed by atoms with Crippen LogP contribution in [-0.4, -0.2) is 28.5 Å². The average molecular weight is 397 g/mol. The Balaban J connectivity index is 1.86. The number of ether oxygens (including phenoxy) is 1. The van der Waals surface area contributed by atoms with Gasteiger partial charge in [0.2, 0.25) is 0 Å². The van der Waals surface area contributed by atoms with E-state index in [-0.39, 0.29) is 12.5 Å². The number of aromatic nitrogens is 2. The molecular formula is C19H15N3O3S2. The number of esters is 1. The minimum absolute atomic E-state index is 0.00134. The summed E-state index contributed by atoms with van der Waals surface area (Å²) in [5, 5.41) is 0. The average Bonchev–Trinajstić information content (AvgIpc) is 3.26. The quantitative estimate of drug-likeness (QED) is 0.496. The normalized spacial score (nSPS) is 12.0. The number of amides is 1. The molecular weight excluding hydrogens is 382 g/mol. The van der Waals surface area contributed by atoms with Crippen molar-refractivity contribution >= 4 is 55.0 Å². The van der Waals surface area contributed by atoms with Gasteiger partial charge in [-0.05, 0) is 36.8 Å². The molecule has 0 saturated heterocycles. The van der Waals surface area contributed by atoms with Crippen LogP contribution in [0, 0.1) is 6.92 Å². The van der Waals surface area contributed by atoms with E-state index in [0.29, 0.717) is 10.4 Å². The molecule has 2 aromatic carbocycles. The molecule has 0 N–H and O–H groups in total. The van der Waals surface area contributed by atoms with Crippen LogP contribution < -0.4 is 4.80 Å². The van der Waals surface area contributed by atoms with Gasteiger partial charge in [0, 0.05) is 5.56 Å². The lowest BCUT2D eigenvalue weighted by Crippen LogP contribution is -2.22. The molecule has 2 aromatic heterocycles. The van der Waals surface area contributed by atoms with E-state index in [1.165, 1.54) is 29.8 Å². The Morgan fingerprint density at radius 1 is 1.22 bits per heavy atom. The fourth-order valence-electron chi connectivity index (χ4n) is 2.87. The van der Waals surface area contributed by atoms with Crippen molar-refractivity contribution in [2.75, 3.05) is 7.11 Å². The van der Waals surface area contributed by atoms with Gasteiger partial charge < -0.3 is 9.30 Å². The number of aryl methyl sites for hydroxylation is 1. The van der Waals surface area contributed by atoms with E-state index in [1.807, 2.05) is 31.2 Å². The minimum atomic E-state index is -0.391. The van der Waals surface area contributed by atoms with Crippen LogP contribution in [0.25, 0.3) is 20.4 Å². The highest BCUT2D eigenvalue weighted by molar-refractivity contribution is 7.17. The number of thiazole rings is 2. The van der Waals surface area contributed by atoms with Gasteiger partial charge in [-0.3, -0.25) is 9.59 Å². The van der Waals surface area contributed by atoms with E-state index >= 15 is 0 Å². The SMILES string of the molecule is COC(=O)Cn1c(=NC(=O)c2ccc3ncsc3c2)sc2cccc(C)c21. The molecule has 0 spiro atoms. The Kier molecular flexibility index (Phi) is 4.59. The standard InChI is InChI=1S/C19H15N3O3S2/c1-11-4-3-5-14-17(11)22(9-16(23)25-2)19(27-14)21-18(24)12-6-7-13-15(8-12)26-10-20-13/h3-8,10H,9H2,1-2H3. The maximum atomic E-state index is 12.7.